The molecule has 0 unspecified atom stereocenters. The molecule has 3 heteroatoms. The second-order valence-electron chi connectivity index (χ2n) is 3.06. The summed E-state index contributed by atoms with van der Waals surface area (Å²) in [6, 6.07) is 5.58. The topological polar surface area (TPSA) is 38.7 Å². The summed E-state index contributed by atoms with van der Waals surface area (Å²) in [5, 5.41) is 9.14. The second-order valence-corrected chi connectivity index (χ2v) is 3.06. The molecular weight excluding hydrogens is 180 g/mol. The first kappa shape index (κ1) is 9.09. The third kappa shape index (κ3) is 1.46. The highest BCUT2D eigenvalue weighted by Gasteiger charge is 2.13. The van der Waals surface area contributed by atoms with E-state index in [1.54, 1.807) is 7.11 Å². The Morgan fingerprint density at radius 3 is 3.07 bits per heavy atom. The summed E-state index contributed by atoms with van der Waals surface area (Å²) in [7, 11) is 1.62. The zero-order chi connectivity index (χ0) is 9.97. The highest BCUT2D eigenvalue weighted by molar-refractivity contribution is 5.73. The van der Waals surface area contributed by atoms with Crippen molar-refractivity contribution in [3.05, 3.63) is 29.8 Å². The van der Waals surface area contributed by atoms with Gasteiger partial charge in [-0.05, 0) is 29.8 Å². The van der Waals surface area contributed by atoms with Crippen LogP contribution in [-0.4, -0.2) is 25.4 Å². The van der Waals surface area contributed by atoms with Crippen LogP contribution in [0.5, 0.6) is 11.5 Å². The number of rotatable bonds is 2. The molecule has 0 saturated carbocycles. The van der Waals surface area contributed by atoms with E-state index in [1.165, 1.54) is 0 Å². The van der Waals surface area contributed by atoms with E-state index < -0.39 is 0 Å². The molecule has 0 amide bonds. The molecule has 74 valence electrons. The van der Waals surface area contributed by atoms with Gasteiger partial charge in [0.15, 0.2) is 0 Å². The molecule has 14 heavy (non-hydrogen) atoms. The number of aliphatic hydroxyl groups excluding tert-OH is 1. The minimum absolute atomic E-state index is 0.0313. The van der Waals surface area contributed by atoms with E-state index in [1.807, 2.05) is 24.3 Å². The highest BCUT2D eigenvalue weighted by Crippen LogP contribution is 2.32. The molecule has 0 radical (unpaired) electrons. The van der Waals surface area contributed by atoms with Gasteiger partial charge in [-0.25, -0.2) is 0 Å². The Bertz CT molecular complexity index is 369. The first-order valence-electron chi connectivity index (χ1n) is 4.46. The molecule has 1 heterocycles. The Morgan fingerprint density at radius 2 is 2.36 bits per heavy atom. The van der Waals surface area contributed by atoms with E-state index in [2.05, 4.69) is 0 Å². The number of hydrogen-bond donors (Lipinski definition) is 1. The first-order valence-corrected chi connectivity index (χ1v) is 4.46. The minimum Gasteiger partial charge on any atom is -0.497 e. The molecule has 1 aromatic rings. The maximum absolute atomic E-state index is 9.14. The van der Waals surface area contributed by atoms with Crippen molar-refractivity contribution in [1.82, 2.24) is 0 Å². The monoisotopic (exact) mass is 192 g/mol. The summed E-state index contributed by atoms with van der Waals surface area (Å²) >= 11 is 0. The van der Waals surface area contributed by atoms with Gasteiger partial charge in [-0.15, -0.1) is 0 Å². The fourth-order valence-electron chi connectivity index (χ4n) is 1.50. The van der Waals surface area contributed by atoms with Crippen molar-refractivity contribution >= 4 is 5.57 Å². The van der Waals surface area contributed by atoms with Crippen LogP contribution in [-0.2, 0) is 0 Å². The lowest BCUT2D eigenvalue weighted by Gasteiger charge is -2.17. The molecule has 0 fully saturated rings. The van der Waals surface area contributed by atoms with E-state index in [9.17, 15) is 0 Å². The van der Waals surface area contributed by atoms with Crippen LogP contribution in [0, 0.1) is 0 Å². The van der Waals surface area contributed by atoms with Gasteiger partial charge in [0.05, 0.1) is 13.7 Å². The van der Waals surface area contributed by atoms with Crippen molar-refractivity contribution in [2.75, 3.05) is 20.3 Å². The fourth-order valence-corrected chi connectivity index (χ4v) is 1.50. The lowest BCUT2D eigenvalue weighted by atomic mass is 10.0. The molecule has 0 atom stereocenters. The van der Waals surface area contributed by atoms with Gasteiger partial charge in [-0.2, -0.15) is 0 Å². The van der Waals surface area contributed by atoms with Crippen LogP contribution < -0.4 is 9.47 Å². The molecule has 0 bridgehead atoms. The van der Waals surface area contributed by atoms with Crippen molar-refractivity contribution in [3.63, 3.8) is 0 Å². The molecule has 2 rings (SSSR count). The molecular formula is C11H12O3. The molecule has 0 saturated heterocycles. The van der Waals surface area contributed by atoms with Gasteiger partial charge in [0.25, 0.3) is 0 Å². The molecule has 1 N–H and O–H groups in total. The van der Waals surface area contributed by atoms with Crippen molar-refractivity contribution in [2.45, 2.75) is 0 Å². The summed E-state index contributed by atoms with van der Waals surface area (Å²) in [5.74, 6) is 1.57. The van der Waals surface area contributed by atoms with Gasteiger partial charge in [-0.3, -0.25) is 0 Å². The van der Waals surface area contributed by atoms with E-state index in [-0.39, 0.29) is 6.61 Å². The third-order valence-electron chi connectivity index (χ3n) is 2.27. The smallest absolute Gasteiger partial charge is 0.127 e. The lowest BCUT2D eigenvalue weighted by Crippen LogP contribution is -2.06. The Balaban J connectivity index is 2.46. The Labute approximate surface area is 82.6 Å². The summed E-state index contributed by atoms with van der Waals surface area (Å²) in [6.07, 6.45) is 1.88. The van der Waals surface area contributed by atoms with Gasteiger partial charge in [-0.1, -0.05) is 0 Å². The van der Waals surface area contributed by atoms with Crippen molar-refractivity contribution < 1.29 is 14.6 Å². The Hall–Kier alpha value is -1.48. The van der Waals surface area contributed by atoms with Crippen molar-refractivity contribution in [2.24, 2.45) is 0 Å². The van der Waals surface area contributed by atoms with Crippen LogP contribution in [0.15, 0.2) is 24.3 Å². The number of fused-ring (bicyclic) bond motifs is 1. The second kappa shape index (κ2) is 3.72. The van der Waals surface area contributed by atoms with Gasteiger partial charge < -0.3 is 14.6 Å². The van der Waals surface area contributed by atoms with E-state index >= 15 is 0 Å². The number of hydrogen-bond acceptors (Lipinski definition) is 3. The average molecular weight is 192 g/mol. The minimum atomic E-state index is 0.0313. The largest absolute Gasteiger partial charge is 0.497 e. The maximum atomic E-state index is 9.14. The number of aliphatic hydroxyl groups is 1. The fraction of sp³-hybridized carbons (Fsp3) is 0.273. The highest BCUT2D eigenvalue weighted by atomic mass is 16.5. The van der Waals surface area contributed by atoms with Crippen LogP contribution in [0.2, 0.25) is 0 Å². The molecule has 0 spiro atoms. The predicted molar refractivity (Wildman–Crippen MR) is 53.6 cm³/mol. The summed E-state index contributed by atoms with van der Waals surface area (Å²) in [5.41, 5.74) is 1.81. The van der Waals surface area contributed by atoms with Gasteiger partial charge >= 0.3 is 0 Å². The molecule has 0 aliphatic carbocycles. The third-order valence-corrected chi connectivity index (χ3v) is 2.27. The van der Waals surface area contributed by atoms with E-state index in [0.717, 1.165) is 22.6 Å². The van der Waals surface area contributed by atoms with E-state index in [4.69, 9.17) is 14.6 Å². The van der Waals surface area contributed by atoms with Gasteiger partial charge in [0, 0.05) is 5.56 Å². The number of benzene rings is 1. The zero-order valence-corrected chi connectivity index (χ0v) is 7.99. The van der Waals surface area contributed by atoms with Gasteiger partial charge in [0.1, 0.15) is 18.1 Å². The molecule has 1 aliphatic heterocycles. The summed E-state index contributed by atoms with van der Waals surface area (Å²) in [6.45, 7) is 0.554. The van der Waals surface area contributed by atoms with E-state index in [0.29, 0.717) is 6.61 Å². The molecule has 1 aliphatic rings. The summed E-state index contributed by atoms with van der Waals surface area (Å²) < 4.78 is 10.5. The van der Waals surface area contributed by atoms with Crippen LogP contribution in [0.1, 0.15) is 5.56 Å². The van der Waals surface area contributed by atoms with Crippen LogP contribution >= 0.6 is 0 Å². The molecule has 0 aromatic heterocycles. The number of ether oxygens (including phenoxy) is 2. The van der Waals surface area contributed by atoms with Crippen LogP contribution in [0.3, 0.4) is 0 Å². The predicted octanol–water partition coefficient (Wildman–Crippen LogP) is 1.46. The van der Waals surface area contributed by atoms with Crippen LogP contribution in [0.25, 0.3) is 5.57 Å². The summed E-state index contributed by atoms with van der Waals surface area (Å²) in [4.78, 5) is 0. The Kier molecular flexibility index (Phi) is 2.41. The standard InChI is InChI=1S/C11H12O3/c1-13-9-2-3-11-10(6-9)8(7-12)4-5-14-11/h2-4,6,12H,5,7H2,1H3. The lowest BCUT2D eigenvalue weighted by molar-refractivity contribution is 0.332. The number of methoxy groups -OCH3 is 1. The van der Waals surface area contributed by atoms with Crippen LogP contribution in [0.4, 0.5) is 0 Å². The van der Waals surface area contributed by atoms with Crippen molar-refractivity contribution in [1.29, 1.82) is 0 Å². The average Bonchev–Trinajstić information content (AvgIpc) is 2.27. The quantitative estimate of drug-likeness (QED) is 0.771. The molecule has 1 aromatic carbocycles. The van der Waals surface area contributed by atoms with Gasteiger partial charge in [0.2, 0.25) is 0 Å². The van der Waals surface area contributed by atoms with Crippen molar-refractivity contribution in [3.8, 4) is 11.5 Å². The normalized spacial score (nSPS) is 14.0. The Morgan fingerprint density at radius 1 is 1.50 bits per heavy atom. The zero-order valence-electron chi connectivity index (χ0n) is 7.99. The first-order chi connectivity index (χ1) is 6.85. The molecule has 3 nitrogen and oxygen atoms in total. The SMILES string of the molecule is COc1ccc2c(c1)C(CO)=CCO2. The maximum Gasteiger partial charge on any atom is 0.127 e.